The Morgan fingerprint density at radius 2 is 2.05 bits per heavy atom. The van der Waals surface area contributed by atoms with Crippen molar-refractivity contribution in [1.82, 2.24) is 5.43 Å². The van der Waals surface area contributed by atoms with Gasteiger partial charge in [0, 0.05) is 4.47 Å². The number of nitrogens with zero attached hydrogens (tertiary/aromatic N) is 1. The molecule has 0 aromatic heterocycles. The number of rotatable bonds is 6. The smallest absolute Gasteiger partial charge is 0.275 e. The first-order valence-corrected chi connectivity index (χ1v) is 7.41. The van der Waals surface area contributed by atoms with Crippen molar-refractivity contribution >= 4 is 28.1 Å². The van der Waals surface area contributed by atoms with Gasteiger partial charge in [-0.1, -0.05) is 58.9 Å². The Bertz CT molecular complexity index is 684. The molecule has 0 unspecified atom stereocenters. The summed E-state index contributed by atoms with van der Waals surface area (Å²) in [6, 6.07) is 14.7. The SMILES string of the molecule is C=CCOc1ccc(Br)cc1C(=O)N/N=C\c1ccccc1. The average molecular weight is 359 g/mol. The molecule has 1 amide bonds. The summed E-state index contributed by atoms with van der Waals surface area (Å²) in [6.07, 6.45) is 3.21. The van der Waals surface area contributed by atoms with Gasteiger partial charge < -0.3 is 4.74 Å². The van der Waals surface area contributed by atoms with E-state index in [1.165, 1.54) is 0 Å². The Morgan fingerprint density at radius 1 is 1.27 bits per heavy atom. The van der Waals surface area contributed by atoms with Gasteiger partial charge >= 0.3 is 0 Å². The van der Waals surface area contributed by atoms with Crippen molar-refractivity contribution in [3.63, 3.8) is 0 Å². The van der Waals surface area contributed by atoms with E-state index >= 15 is 0 Å². The monoisotopic (exact) mass is 358 g/mol. The number of carbonyl (C=O) groups excluding carboxylic acids is 1. The molecule has 0 saturated heterocycles. The number of halogens is 1. The van der Waals surface area contributed by atoms with Crippen LogP contribution in [-0.2, 0) is 0 Å². The minimum atomic E-state index is -0.340. The van der Waals surface area contributed by atoms with Crippen LogP contribution in [0.25, 0.3) is 0 Å². The summed E-state index contributed by atoms with van der Waals surface area (Å²) in [5.74, 6) is 0.142. The maximum atomic E-state index is 12.2. The standard InChI is InChI=1S/C17H15BrN2O2/c1-2-10-22-16-9-8-14(18)11-15(16)17(21)20-19-12-13-6-4-3-5-7-13/h2-9,11-12H,1,10H2,(H,20,21)/b19-12-. The number of ether oxygens (including phenoxy) is 1. The van der Waals surface area contributed by atoms with Crippen molar-refractivity contribution in [2.24, 2.45) is 5.10 Å². The lowest BCUT2D eigenvalue weighted by Crippen LogP contribution is -2.18. The van der Waals surface area contributed by atoms with Crippen molar-refractivity contribution in [3.05, 3.63) is 76.8 Å². The summed E-state index contributed by atoms with van der Waals surface area (Å²) in [5, 5.41) is 3.95. The van der Waals surface area contributed by atoms with E-state index < -0.39 is 0 Å². The summed E-state index contributed by atoms with van der Waals surface area (Å²) in [6.45, 7) is 3.92. The Balaban J connectivity index is 2.10. The van der Waals surface area contributed by atoms with Crippen LogP contribution in [0.5, 0.6) is 5.75 Å². The molecule has 0 aliphatic carbocycles. The van der Waals surface area contributed by atoms with Crippen LogP contribution in [0.4, 0.5) is 0 Å². The van der Waals surface area contributed by atoms with Gasteiger partial charge in [-0.25, -0.2) is 5.43 Å². The fraction of sp³-hybridized carbons (Fsp3) is 0.0588. The molecule has 0 atom stereocenters. The van der Waals surface area contributed by atoms with Gasteiger partial charge in [-0.3, -0.25) is 4.79 Å². The zero-order valence-corrected chi connectivity index (χ0v) is 13.4. The van der Waals surface area contributed by atoms with Crippen molar-refractivity contribution in [2.75, 3.05) is 6.61 Å². The number of hydrazone groups is 1. The molecule has 5 heteroatoms. The zero-order chi connectivity index (χ0) is 15.8. The highest BCUT2D eigenvalue weighted by Crippen LogP contribution is 2.23. The minimum absolute atomic E-state index is 0.329. The molecule has 0 fully saturated rings. The number of benzene rings is 2. The quantitative estimate of drug-likeness (QED) is 0.485. The van der Waals surface area contributed by atoms with Crippen LogP contribution >= 0.6 is 15.9 Å². The van der Waals surface area contributed by atoms with Gasteiger partial charge in [0.2, 0.25) is 0 Å². The van der Waals surface area contributed by atoms with Crippen LogP contribution in [0.15, 0.2) is 70.8 Å². The van der Waals surface area contributed by atoms with Gasteiger partial charge in [0.1, 0.15) is 12.4 Å². The predicted molar refractivity (Wildman–Crippen MR) is 91.3 cm³/mol. The third kappa shape index (κ3) is 4.56. The molecule has 4 nitrogen and oxygen atoms in total. The van der Waals surface area contributed by atoms with E-state index in [1.54, 1.807) is 24.4 Å². The van der Waals surface area contributed by atoms with Crippen LogP contribution in [0, 0.1) is 0 Å². The van der Waals surface area contributed by atoms with Gasteiger partial charge in [0.15, 0.2) is 0 Å². The summed E-state index contributed by atoms with van der Waals surface area (Å²) < 4.78 is 6.26. The van der Waals surface area contributed by atoms with E-state index in [-0.39, 0.29) is 5.91 Å². The molecule has 0 spiro atoms. The summed E-state index contributed by atoms with van der Waals surface area (Å²) in [5.41, 5.74) is 3.80. The molecule has 1 N–H and O–H groups in total. The minimum Gasteiger partial charge on any atom is -0.489 e. The first-order valence-electron chi connectivity index (χ1n) is 6.62. The first-order chi connectivity index (χ1) is 10.7. The van der Waals surface area contributed by atoms with E-state index in [0.29, 0.717) is 17.9 Å². The van der Waals surface area contributed by atoms with E-state index in [1.807, 2.05) is 36.4 Å². The van der Waals surface area contributed by atoms with Crippen molar-refractivity contribution in [2.45, 2.75) is 0 Å². The lowest BCUT2D eigenvalue weighted by Gasteiger charge is -2.09. The molecule has 2 rings (SSSR count). The van der Waals surface area contributed by atoms with E-state index in [9.17, 15) is 4.79 Å². The normalized spacial score (nSPS) is 10.4. The maximum Gasteiger partial charge on any atom is 0.275 e. The Morgan fingerprint density at radius 3 is 2.77 bits per heavy atom. The van der Waals surface area contributed by atoms with Crippen LogP contribution < -0.4 is 10.2 Å². The topological polar surface area (TPSA) is 50.7 Å². The van der Waals surface area contributed by atoms with Gasteiger partial charge in [-0.2, -0.15) is 5.10 Å². The highest BCUT2D eigenvalue weighted by atomic mass is 79.9. The fourth-order valence-electron chi connectivity index (χ4n) is 1.72. The highest BCUT2D eigenvalue weighted by Gasteiger charge is 2.12. The number of carbonyl (C=O) groups is 1. The van der Waals surface area contributed by atoms with Crippen molar-refractivity contribution in [1.29, 1.82) is 0 Å². The largest absolute Gasteiger partial charge is 0.489 e. The van der Waals surface area contributed by atoms with Gasteiger partial charge in [-0.05, 0) is 23.8 Å². The van der Waals surface area contributed by atoms with E-state index in [0.717, 1.165) is 10.0 Å². The van der Waals surface area contributed by atoms with Crippen LogP contribution in [-0.4, -0.2) is 18.7 Å². The van der Waals surface area contributed by atoms with Gasteiger partial charge in [-0.15, -0.1) is 0 Å². The Kier molecular flexibility index (Phi) is 5.91. The highest BCUT2D eigenvalue weighted by molar-refractivity contribution is 9.10. The maximum absolute atomic E-state index is 12.2. The van der Waals surface area contributed by atoms with Crippen molar-refractivity contribution < 1.29 is 9.53 Å². The molecule has 2 aromatic carbocycles. The van der Waals surface area contributed by atoms with Crippen LogP contribution in [0.1, 0.15) is 15.9 Å². The van der Waals surface area contributed by atoms with E-state index in [2.05, 4.69) is 33.0 Å². The van der Waals surface area contributed by atoms with Crippen molar-refractivity contribution in [3.8, 4) is 5.75 Å². The molecule has 0 saturated carbocycles. The van der Waals surface area contributed by atoms with Crippen LogP contribution in [0.3, 0.4) is 0 Å². The third-order valence-electron chi connectivity index (χ3n) is 2.72. The molecule has 0 radical (unpaired) electrons. The summed E-state index contributed by atoms with van der Waals surface area (Å²) in [4.78, 5) is 12.2. The first kappa shape index (κ1) is 16.0. The van der Waals surface area contributed by atoms with Crippen LogP contribution in [0.2, 0.25) is 0 Å². The third-order valence-corrected chi connectivity index (χ3v) is 3.22. The fourth-order valence-corrected chi connectivity index (χ4v) is 2.08. The molecular weight excluding hydrogens is 344 g/mol. The Labute approximate surface area is 137 Å². The molecule has 112 valence electrons. The molecule has 22 heavy (non-hydrogen) atoms. The lowest BCUT2D eigenvalue weighted by atomic mass is 10.2. The summed E-state index contributed by atoms with van der Waals surface area (Å²) >= 11 is 3.34. The van der Waals surface area contributed by atoms with Gasteiger partial charge in [0.05, 0.1) is 11.8 Å². The second kappa shape index (κ2) is 8.14. The second-order valence-corrected chi connectivity index (χ2v) is 5.27. The zero-order valence-electron chi connectivity index (χ0n) is 11.8. The predicted octanol–water partition coefficient (Wildman–Crippen LogP) is 3.78. The molecule has 0 aliphatic rings. The molecule has 0 heterocycles. The molecule has 0 aliphatic heterocycles. The average Bonchev–Trinajstić information content (AvgIpc) is 2.54. The van der Waals surface area contributed by atoms with Gasteiger partial charge in [0.25, 0.3) is 5.91 Å². The number of hydrogen-bond acceptors (Lipinski definition) is 3. The lowest BCUT2D eigenvalue weighted by molar-refractivity contribution is 0.0951. The molecule has 2 aromatic rings. The molecular formula is C17H15BrN2O2. The van der Waals surface area contributed by atoms with E-state index in [4.69, 9.17) is 4.74 Å². The molecule has 0 bridgehead atoms. The number of amides is 1. The number of nitrogens with one attached hydrogen (secondary N) is 1. The second-order valence-electron chi connectivity index (χ2n) is 4.35. The number of hydrogen-bond donors (Lipinski definition) is 1. The Hall–Kier alpha value is -2.40. The summed E-state index contributed by atoms with van der Waals surface area (Å²) in [7, 11) is 0.